The smallest absolute Gasteiger partial charge is 0.250 e. The molecule has 0 aliphatic carbocycles. The molecule has 0 aromatic heterocycles. The highest BCUT2D eigenvalue weighted by molar-refractivity contribution is 7.92. The minimum absolute atomic E-state index is 0.138. The van der Waals surface area contributed by atoms with Crippen molar-refractivity contribution < 1.29 is 18.0 Å². The Hall–Kier alpha value is -2.41. The Morgan fingerprint density at radius 2 is 1.88 bits per heavy atom. The summed E-state index contributed by atoms with van der Waals surface area (Å²) in [4.78, 5) is 27.4. The lowest BCUT2D eigenvalue weighted by Crippen LogP contribution is -2.36. The van der Waals surface area contributed by atoms with Gasteiger partial charge in [0.25, 0.3) is 0 Å². The van der Waals surface area contributed by atoms with Crippen LogP contribution in [0.5, 0.6) is 0 Å². The van der Waals surface area contributed by atoms with Crippen molar-refractivity contribution in [3.8, 4) is 0 Å². The van der Waals surface area contributed by atoms with Crippen molar-refractivity contribution in [2.75, 3.05) is 26.4 Å². The predicted molar refractivity (Wildman–Crippen MR) is 101 cm³/mol. The fraction of sp³-hybridized carbons (Fsp3) is 0.368. The molecule has 6 nitrogen and oxygen atoms in total. The largest absolute Gasteiger partial charge is 0.345 e. The third-order valence-corrected chi connectivity index (χ3v) is 6.32. The van der Waals surface area contributed by atoms with Crippen LogP contribution in [0.2, 0.25) is 0 Å². The molecule has 1 aliphatic heterocycles. The van der Waals surface area contributed by atoms with Gasteiger partial charge in [-0.1, -0.05) is 43.0 Å². The Balaban J connectivity index is 2.15. The van der Waals surface area contributed by atoms with Gasteiger partial charge in [-0.15, -0.1) is 0 Å². The number of likely N-dealkylation sites (N-methyl/N-ethyl adjacent to an activating group) is 1. The van der Waals surface area contributed by atoms with Crippen molar-refractivity contribution in [3.05, 3.63) is 60.2 Å². The molecule has 1 heterocycles. The number of rotatable bonds is 7. The number of hydrogen-bond donors (Lipinski definition) is 0. The Kier molecular flexibility index (Phi) is 6.37. The molecule has 1 atom stereocenters. The van der Waals surface area contributed by atoms with Crippen LogP contribution in [-0.2, 0) is 26.0 Å². The molecule has 0 spiro atoms. The molecule has 1 unspecified atom stereocenters. The second kappa shape index (κ2) is 8.31. The van der Waals surface area contributed by atoms with E-state index in [-0.39, 0.29) is 30.5 Å². The summed E-state index contributed by atoms with van der Waals surface area (Å²) < 4.78 is 24.7. The van der Waals surface area contributed by atoms with Gasteiger partial charge >= 0.3 is 0 Å². The first-order chi connectivity index (χ1) is 12.3. The number of hydrogen-bond acceptors (Lipinski definition) is 4. The summed E-state index contributed by atoms with van der Waals surface area (Å²) in [7, 11) is -0.237. The molecule has 1 aromatic carbocycles. The summed E-state index contributed by atoms with van der Waals surface area (Å²) in [6.07, 6.45) is 2.88. The molecule has 0 bridgehead atoms. The molecule has 0 fully saturated rings. The molecule has 0 radical (unpaired) electrons. The summed E-state index contributed by atoms with van der Waals surface area (Å²) in [6.45, 7) is 4.10. The van der Waals surface area contributed by atoms with Gasteiger partial charge in [0, 0.05) is 32.8 Å². The molecule has 0 saturated heterocycles. The van der Waals surface area contributed by atoms with E-state index in [0.717, 1.165) is 5.56 Å². The van der Waals surface area contributed by atoms with Gasteiger partial charge < -0.3 is 9.80 Å². The average Bonchev–Trinajstić information content (AvgIpc) is 2.92. The Labute approximate surface area is 154 Å². The van der Waals surface area contributed by atoms with Crippen molar-refractivity contribution in [3.63, 3.8) is 0 Å². The minimum atomic E-state index is -3.42. The van der Waals surface area contributed by atoms with Crippen LogP contribution in [-0.4, -0.2) is 61.7 Å². The first kappa shape index (κ1) is 19.9. The number of carbonyl (C=O) groups excluding carboxylic acids is 2. The van der Waals surface area contributed by atoms with E-state index in [1.807, 2.05) is 30.3 Å². The van der Waals surface area contributed by atoms with Crippen molar-refractivity contribution >= 4 is 21.7 Å². The van der Waals surface area contributed by atoms with Gasteiger partial charge in [-0.05, 0) is 18.1 Å². The quantitative estimate of drug-likeness (QED) is 0.674. The highest BCUT2D eigenvalue weighted by Crippen LogP contribution is 2.26. The average molecular weight is 376 g/mol. The number of carbonyl (C=O) groups is 2. The molecule has 140 valence electrons. The Morgan fingerprint density at radius 3 is 2.46 bits per heavy atom. The maximum absolute atomic E-state index is 12.4. The molecule has 2 rings (SSSR count). The summed E-state index contributed by atoms with van der Waals surface area (Å²) in [5.41, 5.74) is 1.23. The number of benzene rings is 1. The Morgan fingerprint density at radius 1 is 1.23 bits per heavy atom. The fourth-order valence-electron chi connectivity index (χ4n) is 2.94. The van der Waals surface area contributed by atoms with E-state index in [1.165, 1.54) is 17.1 Å². The van der Waals surface area contributed by atoms with Gasteiger partial charge in [0.1, 0.15) is 0 Å². The third kappa shape index (κ3) is 4.60. The zero-order valence-corrected chi connectivity index (χ0v) is 15.9. The standard InChI is InChI=1S/C19H24N2O4S/c1-4-18(22)21(14-15-8-6-5-7-9-15)12-10-17-16(19(23)20(2)3)11-13-26(17,24)25/h4-9,11,17H,1,10,12-14H2,2-3H3. The highest BCUT2D eigenvalue weighted by atomic mass is 32.2. The van der Waals surface area contributed by atoms with E-state index in [0.29, 0.717) is 12.1 Å². The topological polar surface area (TPSA) is 74.8 Å². The fourth-order valence-corrected chi connectivity index (χ4v) is 4.63. The minimum Gasteiger partial charge on any atom is -0.345 e. The molecule has 26 heavy (non-hydrogen) atoms. The van der Waals surface area contributed by atoms with Crippen LogP contribution in [0.25, 0.3) is 0 Å². The Bertz CT molecular complexity index is 813. The van der Waals surface area contributed by atoms with Crippen LogP contribution in [0.15, 0.2) is 54.6 Å². The zero-order chi connectivity index (χ0) is 19.3. The predicted octanol–water partition coefficient (Wildman–Crippen LogP) is 1.40. The summed E-state index contributed by atoms with van der Waals surface area (Å²) in [5, 5.41) is -0.881. The molecule has 1 aliphatic rings. The second-order valence-electron chi connectivity index (χ2n) is 6.42. The monoisotopic (exact) mass is 376 g/mol. The van der Waals surface area contributed by atoms with Crippen LogP contribution in [0, 0.1) is 0 Å². The maximum Gasteiger partial charge on any atom is 0.250 e. The molecule has 1 aromatic rings. The number of amides is 2. The van der Waals surface area contributed by atoms with Crippen LogP contribution in [0.1, 0.15) is 12.0 Å². The van der Waals surface area contributed by atoms with Gasteiger partial charge in [0.2, 0.25) is 11.8 Å². The summed E-state index contributed by atoms with van der Waals surface area (Å²) in [6, 6.07) is 9.44. The lowest BCUT2D eigenvalue weighted by Gasteiger charge is -2.24. The molecule has 0 saturated carbocycles. The first-order valence-corrected chi connectivity index (χ1v) is 10.1. The van der Waals surface area contributed by atoms with Crippen molar-refractivity contribution in [2.24, 2.45) is 0 Å². The van der Waals surface area contributed by atoms with Crippen LogP contribution >= 0.6 is 0 Å². The van der Waals surface area contributed by atoms with E-state index in [4.69, 9.17) is 0 Å². The van der Waals surface area contributed by atoms with E-state index >= 15 is 0 Å². The highest BCUT2D eigenvalue weighted by Gasteiger charge is 2.38. The number of nitrogens with zero attached hydrogens (tertiary/aromatic N) is 2. The van der Waals surface area contributed by atoms with Gasteiger partial charge in [0.15, 0.2) is 9.84 Å². The molecular formula is C19H24N2O4S. The van der Waals surface area contributed by atoms with Gasteiger partial charge in [-0.2, -0.15) is 0 Å². The lowest BCUT2D eigenvalue weighted by atomic mass is 10.1. The molecule has 7 heteroatoms. The van der Waals surface area contributed by atoms with Crippen molar-refractivity contribution in [2.45, 2.75) is 18.2 Å². The van der Waals surface area contributed by atoms with Crippen LogP contribution < -0.4 is 0 Å². The molecule has 2 amide bonds. The first-order valence-electron chi connectivity index (χ1n) is 8.35. The lowest BCUT2D eigenvalue weighted by molar-refractivity contribution is -0.126. The van der Waals surface area contributed by atoms with Crippen molar-refractivity contribution in [1.29, 1.82) is 0 Å². The summed E-state index contributed by atoms with van der Waals surface area (Å²) in [5.74, 6) is -0.713. The van der Waals surface area contributed by atoms with Gasteiger partial charge in [-0.3, -0.25) is 9.59 Å². The van der Waals surface area contributed by atoms with E-state index in [1.54, 1.807) is 19.0 Å². The number of sulfone groups is 1. The van der Waals surface area contributed by atoms with Gasteiger partial charge in [0.05, 0.1) is 11.0 Å². The molecule has 0 N–H and O–H groups in total. The summed E-state index contributed by atoms with van der Waals surface area (Å²) >= 11 is 0. The van der Waals surface area contributed by atoms with Crippen molar-refractivity contribution in [1.82, 2.24) is 9.80 Å². The van der Waals surface area contributed by atoms with Crippen LogP contribution in [0.4, 0.5) is 0 Å². The van der Waals surface area contributed by atoms with E-state index < -0.39 is 15.1 Å². The van der Waals surface area contributed by atoms with E-state index in [9.17, 15) is 18.0 Å². The maximum atomic E-state index is 12.4. The molecular weight excluding hydrogens is 352 g/mol. The SMILES string of the molecule is C=CC(=O)N(CCC1C(C(=O)N(C)C)=CCS1(=O)=O)Cc1ccccc1. The van der Waals surface area contributed by atoms with E-state index in [2.05, 4.69) is 6.58 Å². The second-order valence-corrected chi connectivity index (χ2v) is 8.64. The normalized spacial score (nSPS) is 18.1. The van der Waals surface area contributed by atoms with Gasteiger partial charge in [-0.25, -0.2) is 8.42 Å². The third-order valence-electron chi connectivity index (χ3n) is 4.33. The van der Waals surface area contributed by atoms with Crippen LogP contribution in [0.3, 0.4) is 0 Å². The zero-order valence-electron chi connectivity index (χ0n) is 15.1.